The maximum absolute atomic E-state index is 6.77. The highest BCUT2D eigenvalue weighted by molar-refractivity contribution is 6.31. The summed E-state index contributed by atoms with van der Waals surface area (Å²) in [5.74, 6) is 0. The lowest BCUT2D eigenvalue weighted by molar-refractivity contribution is 0.332. The summed E-state index contributed by atoms with van der Waals surface area (Å²) in [6, 6.07) is 20.1. The molecule has 0 spiro atoms. The predicted molar refractivity (Wildman–Crippen MR) is 169 cm³/mol. The lowest BCUT2D eigenvalue weighted by Gasteiger charge is -2.41. The fraction of sp³-hybridized carbons (Fsp3) is 0.444. The lowest BCUT2D eigenvalue weighted by Crippen LogP contribution is -2.33. The van der Waals surface area contributed by atoms with E-state index in [-0.39, 0.29) is 21.7 Å². The van der Waals surface area contributed by atoms with Crippen molar-refractivity contribution in [1.82, 2.24) is 0 Å². The van der Waals surface area contributed by atoms with E-state index >= 15 is 0 Å². The van der Waals surface area contributed by atoms with Gasteiger partial charge in [-0.25, -0.2) is 0 Å². The first-order chi connectivity index (χ1) is 18.0. The first-order valence-electron chi connectivity index (χ1n) is 14.3. The standard InChI is InChI=1S/C36H44ClNO/c1-33(2,3)23-11-13-26(14-12-23)38(27-18-24(34(4,5)6)17-25(37)19-27)31-22-39-32-21-30-29(20-28(31)32)35(7,8)15-16-36(30,9)10/h11-14,17-22H,15-16H2,1-10H3. The Morgan fingerprint density at radius 1 is 0.692 bits per heavy atom. The molecule has 3 heteroatoms. The molecule has 2 nitrogen and oxygen atoms in total. The van der Waals surface area contributed by atoms with Crippen molar-refractivity contribution in [2.75, 3.05) is 4.90 Å². The summed E-state index contributed by atoms with van der Waals surface area (Å²) in [4.78, 5) is 2.31. The molecule has 0 aliphatic heterocycles. The van der Waals surface area contributed by atoms with Gasteiger partial charge in [-0.05, 0) is 99.2 Å². The molecule has 4 aromatic rings. The van der Waals surface area contributed by atoms with Crippen LogP contribution in [0.5, 0.6) is 0 Å². The van der Waals surface area contributed by atoms with Crippen LogP contribution in [0, 0.1) is 0 Å². The van der Waals surface area contributed by atoms with Crippen molar-refractivity contribution in [2.24, 2.45) is 0 Å². The van der Waals surface area contributed by atoms with Gasteiger partial charge in [-0.3, -0.25) is 0 Å². The van der Waals surface area contributed by atoms with E-state index in [1.54, 1.807) is 0 Å². The molecule has 1 aliphatic carbocycles. The molecule has 0 radical (unpaired) electrons. The van der Waals surface area contributed by atoms with Crippen LogP contribution in [0.15, 0.2) is 65.3 Å². The largest absolute Gasteiger partial charge is 0.462 e. The molecule has 0 fully saturated rings. The Balaban J connectivity index is 1.77. The Bertz CT molecular complexity index is 1520. The van der Waals surface area contributed by atoms with Gasteiger partial charge in [-0.2, -0.15) is 0 Å². The number of halogens is 1. The smallest absolute Gasteiger partial charge is 0.136 e. The van der Waals surface area contributed by atoms with E-state index in [0.717, 1.165) is 33.1 Å². The summed E-state index contributed by atoms with van der Waals surface area (Å²) in [5.41, 5.74) is 9.74. The summed E-state index contributed by atoms with van der Waals surface area (Å²) in [6.45, 7) is 22.9. The molecule has 39 heavy (non-hydrogen) atoms. The highest BCUT2D eigenvalue weighted by Crippen LogP contribution is 2.50. The molecular weight excluding hydrogens is 498 g/mol. The number of anilines is 3. The van der Waals surface area contributed by atoms with Gasteiger partial charge < -0.3 is 9.32 Å². The molecule has 0 saturated carbocycles. The van der Waals surface area contributed by atoms with E-state index in [1.807, 2.05) is 6.26 Å². The summed E-state index contributed by atoms with van der Waals surface area (Å²) < 4.78 is 6.33. The van der Waals surface area contributed by atoms with E-state index in [2.05, 4.69) is 129 Å². The fourth-order valence-electron chi connectivity index (χ4n) is 5.92. The summed E-state index contributed by atoms with van der Waals surface area (Å²) in [7, 11) is 0. The Kier molecular flexibility index (Phi) is 6.54. The van der Waals surface area contributed by atoms with Crippen LogP contribution in [-0.2, 0) is 21.7 Å². The second-order valence-corrected chi connectivity index (χ2v) is 15.3. The van der Waals surface area contributed by atoms with Crippen molar-refractivity contribution >= 4 is 39.6 Å². The third-order valence-corrected chi connectivity index (χ3v) is 8.98. The third kappa shape index (κ3) is 5.13. The second-order valence-electron chi connectivity index (χ2n) is 14.9. The minimum Gasteiger partial charge on any atom is -0.462 e. The minimum atomic E-state index is -0.0332. The van der Waals surface area contributed by atoms with Gasteiger partial charge in [0.05, 0.1) is 5.69 Å². The van der Waals surface area contributed by atoms with Crippen LogP contribution >= 0.6 is 11.6 Å². The Labute approximate surface area is 240 Å². The van der Waals surface area contributed by atoms with Crippen molar-refractivity contribution in [3.05, 3.63) is 88.1 Å². The van der Waals surface area contributed by atoms with Gasteiger partial charge in [0.2, 0.25) is 0 Å². The molecule has 1 heterocycles. The van der Waals surface area contributed by atoms with Gasteiger partial charge in [0.25, 0.3) is 0 Å². The third-order valence-electron chi connectivity index (χ3n) is 8.77. The predicted octanol–water partition coefficient (Wildman–Crippen LogP) is 11.5. The summed E-state index contributed by atoms with van der Waals surface area (Å²) in [5, 5.41) is 1.87. The van der Waals surface area contributed by atoms with Gasteiger partial charge in [0.1, 0.15) is 11.8 Å². The summed E-state index contributed by atoms with van der Waals surface area (Å²) in [6.07, 6.45) is 4.27. The second kappa shape index (κ2) is 9.16. The highest BCUT2D eigenvalue weighted by Gasteiger charge is 2.38. The molecule has 0 amide bonds. The van der Waals surface area contributed by atoms with Crippen LogP contribution in [0.2, 0.25) is 5.02 Å². The van der Waals surface area contributed by atoms with Gasteiger partial charge in [0.15, 0.2) is 0 Å². The summed E-state index contributed by atoms with van der Waals surface area (Å²) >= 11 is 6.77. The average Bonchev–Trinajstić information content (AvgIpc) is 3.23. The van der Waals surface area contributed by atoms with Gasteiger partial charge >= 0.3 is 0 Å². The van der Waals surface area contributed by atoms with E-state index in [4.69, 9.17) is 16.0 Å². The number of benzene rings is 3. The molecule has 0 unspecified atom stereocenters. The van der Waals surface area contributed by atoms with Crippen molar-refractivity contribution in [3.63, 3.8) is 0 Å². The molecular formula is C36H44ClNO. The molecule has 0 bridgehead atoms. The maximum atomic E-state index is 6.77. The van der Waals surface area contributed by atoms with Gasteiger partial charge in [-0.15, -0.1) is 0 Å². The minimum absolute atomic E-state index is 0.0332. The monoisotopic (exact) mass is 541 g/mol. The SMILES string of the molecule is CC(C)(C)c1ccc(N(c2cc(Cl)cc(C(C)(C)C)c2)c2coc3cc4c(cc23)C(C)(C)CCC4(C)C)cc1. The van der Waals surface area contributed by atoms with Crippen LogP contribution < -0.4 is 4.90 Å². The van der Waals surface area contributed by atoms with Crippen LogP contribution in [0.3, 0.4) is 0 Å². The number of rotatable bonds is 3. The zero-order chi connectivity index (χ0) is 28.5. The lowest BCUT2D eigenvalue weighted by atomic mass is 9.63. The van der Waals surface area contributed by atoms with Crippen molar-refractivity contribution in [3.8, 4) is 0 Å². The van der Waals surface area contributed by atoms with E-state index in [9.17, 15) is 0 Å². The van der Waals surface area contributed by atoms with Crippen molar-refractivity contribution < 1.29 is 4.42 Å². The molecule has 0 saturated heterocycles. The molecule has 1 aliphatic rings. The molecule has 206 valence electrons. The number of furan rings is 1. The molecule has 1 aromatic heterocycles. The normalized spacial score (nSPS) is 16.8. The topological polar surface area (TPSA) is 16.4 Å². The highest BCUT2D eigenvalue weighted by atomic mass is 35.5. The quantitative estimate of drug-likeness (QED) is 0.256. The Hall–Kier alpha value is -2.71. The maximum Gasteiger partial charge on any atom is 0.136 e. The molecule has 5 rings (SSSR count). The van der Waals surface area contributed by atoms with E-state index < -0.39 is 0 Å². The van der Waals surface area contributed by atoms with Crippen LogP contribution in [-0.4, -0.2) is 0 Å². The number of hydrogen-bond acceptors (Lipinski definition) is 2. The van der Waals surface area contributed by atoms with Crippen LogP contribution in [0.25, 0.3) is 11.0 Å². The first kappa shape index (κ1) is 27.8. The molecule has 3 aromatic carbocycles. The van der Waals surface area contributed by atoms with Crippen LogP contribution in [0.1, 0.15) is 104 Å². The average molecular weight is 542 g/mol. The zero-order valence-electron chi connectivity index (χ0n) is 25.4. The van der Waals surface area contributed by atoms with E-state index in [1.165, 1.54) is 35.1 Å². The molecule has 0 N–H and O–H groups in total. The van der Waals surface area contributed by atoms with E-state index in [0.29, 0.717) is 0 Å². The number of hydrogen-bond donors (Lipinski definition) is 0. The van der Waals surface area contributed by atoms with Gasteiger partial charge in [-0.1, -0.05) is 93.0 Å². The molecule has 0 atom stereocenters. The van der Waals surface area contributed by atoms with Crippen molar-refractivity contribution in [1.29, 1.82) is 0 Å². The van der Waals surface area contributed by atoms with Crippen LogP contribution in [0.4, 0.5) is 17.1 Å². The Morgan fingerprint density at radius 2 is 1.26 bits per heavy atom. The zero-order valence-corrected chi connectivity index (χ0v) is 26.2. The first-order valence-corrected chi connectivity index (χ1v) is 14.6. The fourth-order valence-corrected chi connectivity index (χ4v) is 6.15. The van der Waals surface area contributed by atoms with Gasteiger partial charge in [0, 0.05) is 21.8 Å². The van der Waals surface area contributed by atoms with Crippen molar-refractivity contribution in [2.45, 2.75) is 104 Å². The number of nitrogens with zero attached hydrogens (tertiary/aromatic N) is 1. The Morgan fingerprint density at radius 3 is 1.82 bits per heavy atom. The number of fused-ring (bicyclic) bond motifs is 2.